The van der Waals surface area contributed by atoms with E-state index in [0.717, 1.165) is 11.8 Å². The van der Waals surface area contributed by atoms with Crippen molar-refractivity contribution in [2.75, 3.05) is 0 Å². The van der Waals surface area contributed by atoms with Crippen LogP contribution in [-0.4, -0.2) is 0 Å². The van der Waals surface area contributed by atoms with Crippen molar-refractivity contribution in [3.05, 3.63) is 0 Å². The van der Waals surface area contributed by atoms with E-state index in [0.29, 0.717) is 5.41 Å². The summed E-state index contributed by atoms with van der Waals surface area (Å²) in [5.74, 6) is 1.78. The van der Waals surface area contributed by atoms with Gasteiger partial charge in [0.2, 0.25) is 0 Å². The van der Waals surface area contributed by atoms with E-state index in [9.17, 15) is 0 Å². The third-order valence-corrected chi connectivity index (χ3v) is 4.27. The van der Waals surface area contributed by atoms with Crippen LogP contribution in [0.25, 0.3) is 0 Å². The van der Waals surface area contributed by atoms with Crippen molar-refractivity contribution in [1.29, 1.82) is 0 Å². The molecule has 0 aliphatic heterocycles. The molecule has 0 spiro atoms. The van der Waals surface area contributed by atoms with Crippen molar-refractivity contribution >= 4 is 0 Å². The van der Waals surface area contributed by atoms with Crippen LogP contribution >= 0.6 is 0 Å². The van der Waals surface area contributed by atoms with Gasteiger partial charge in [-0.25, -0.2) is 0 Å². The molecular weight excluding hydrogens is 180 g/mol. The lowest BCUT2D eigenvalue weighted by Crippen LogP contribution is -2.21. The van der Waals surface area contributed by atoms with Gasteiger partial charge in [0, 0.05) is 0 Å². The summed E-state index contributed by atoms with van der Waals surface area (Å²) in [6.07, 6.45) is 8.31. The van der Waals surface area contributed by atoms with Crippen LogP contribution in [-0.2, 0) is 0 Å². The van der Waals surface area contributed by atoms with Crippen LogP contribution in [0.4, 0.5) is 0 Å². The Bertz CT molecular complexity index is 134. The van der Waals surface area contributed by atoms with Gasteiger partial charge in [0.15, 0.2) is 0 Å². The molecule has 0 rings (SSSR count). The minimum absolute atomic E-state index is 0.635. The number of hydrogen-bond acceptors (Lipinski definition) is 0. The minimum atomic E-state index is 0.635. The highest BCUT2D eigenvalue weighted by molar-refractivity contribution is 4.77. The second-order valence-corrected chi connectivity index (χ2v) is 5.84. The molecule has 0 heteroatoms. The highest BCUT2D eigenvalue weighted by atomic mass is 14.3. The Labute approximate surface area is 97.8 Å². The van der Waals surface area contributed by atoms with Gasteiger partial charge in [-0.3, -0.25) is 0 Å². The Morgan fingerprint density at radius 2 is 1.27 bits per heavy atom. The second-order valence-electron chi connectivity index (χ2n) is 5.84. The molecule has 0 radical (unpaired) electrons. The van der Waals surface area contributed by atoms with E-state index in [-0.39, 0.29) is 0 Å². The molecule has 1 unspecified atom stereocenters. The smallest absolute Gasteiger partial charge is 0.0303 e. The lowest BCUT2D eigenvalue weighted by molar-refractivity contribution is 0.184. The van der Waals surface area contributed by atoms with Gasteiger partial charge >= 0.3 is 0 Å². The fraction of sp³-hybridized carbons (Fsp3) is 1.00. The predicted molar refractivity (Wildman–Crippen MR) is 71.2 cm³/mol. The van der Waals surface area contributed by atoms with Crippen molar-refractivity contribution in [1.82, 2.24) is 0 Å². The van der Waals surface area contributed by atoms with E-state index in [4.69, 9.17) is 0 Å². The molecule has 0 aromatic heterocycles. The first kappa shape index (κ1) is 15.0. The lowest BCUT2D eigenvalue weighted by Gasteiger charge is -2.33. The molecule has 0 saturated carbocycles. The molecule has 0 saturated heterocycles. The molecule has 1 atom stereocenters. The molecule has 0 heterocycles. The van der Waals surface area contributed by atoms with E-state index >= 15 is 0 Å². The zero-order chi connectivity index (χ0) is 11.9. The predicted octanol–water partition coefficient (Wildman–Crippen LogP) is 5.67. The largest absolute Gasteiger partial charge is 0.0649 e. The molecule has 0 aliphatic carbocycles. The molecule has 0 aliphatic rings. The highest BCUT2D eigenvalue weighted by Gasteiger charge is 2.25. The number of rotatable bonds is 8. The van der Waals surface area contributed by atoms with Gasteiger partial charge in [-0.1, -0.05) is 73.6 Å². The Hall–Kier alpha value is 0. The van der Waals surface area contributed by atoms with Crippen LogP contribution in [0.3, 0.4) is 0 Å². The van der Waals surface area contributed by atoms with Crippen LogP contribution in [0, 0.1) is 17.3 Å². The van der Waals surface area contributed by atoms with Gasteiger partial charge in [0.25, 0.3) is 0 Å². The first-order chi connectivity index (χ1) is 6.99. The zero-order valence-electron chi connectivity index (χ0n) is 11.9. The molecule has 0 N–H and O–H groups in total. The summed E-state index contributed by atoms with van der Waals surface area (Å²) in [5.41, 5.74) is 0.635. The Morgan fingerprint density at radius 1 is 0.800 bits per heavy atom. The third-order valence-electron chi connectivity index (χ3n) is 4.27. The summed E-state index contributed by atoms with van der Waals surface area (Å²) in [6.45, 7) is 14.2. The first-order valence-corrected chi connectivity index (χ1v) is 6.99. The second kappa shape index (κ2) is 7.30. The summed E-state index contributed by atoms with van der Waals surface area (Å²) < 4.78 is 0. The van der Waals surface area contributed by atoms with Crippen molar-refractivity contribution in [3.63, 3.8) is 0 Å². The van der Waals surface area contributed by atoms with E-state index < -0.39 is 0 Å². The van der Waals surface area contributed by atoms with Crippen LogP contribution in [0.1, 0.15) is 80.1 Å². The average molecular weight is 212 g/mol. The van der Waals surface area contributed by atoms with Crippen molar-refractivity contribution in [2.45, 2.75) is 80.1 Å². The summed E-state index contributed by atoms with van der Waals surface area (Å²) in [6, 6.07) is 0. The van der Waals surface area contributed by atoms with Gasteiger partial charge < -0.3 is 0 Å². The third kappa shape index (κ3) is 5.58. The maximum absolute atomic E-state index is 2.44. The normalized spacial score (nSPS) is 14.6. The van der Waals surface area contributed by atoms with E-state index in [1.807, 2.05) is 0 Å². The topological polar surface area (TPSA) is 0 Å². The zero-order valence-corrected chi connectivity index (χ0v) is 11.9. The fourth-order valence-electron chi connectivity index (χ4n) is 2.64. The van der Waals surface area contributed by atoms with Crippen molar-refractivity contribution < 1.29 is 0 Å². The van der Waals surface area contributed by atoms with Crippen LogP contribution < -0.4 is 0 Å². The summed E-state index contributed by atoms with van der Waals surface area (Å²) in [7, 11) is 0. The molecule has 0 amide bonds. The van der Waals surface area contributed by atoms with Crippen LogP contribution in [0.2, 0.25) is 0 Å². The molecule has 0 fully saturated rings. The highest BCUT2D eigenvalue weighted by Crippen LogP contribution is 2.38. The van der Waals surface area contributed by atoms with Crippen molar-refractivity contribution in [3.8, 4) is 0 Å². The van der Waals surface area contributed by atoms with E-state index in [2.05, 4.69) is 41.5 Å². The van der Waals surface area contributed by atoms with Crippen LogP contribution in [0.15, 0.2) is 0 Å². The standard InChI is InChI=1S/C15H32/c1-7-15(8-2,9-3)12-14(6)11-10-13(4)5/h13-14H,7-12H2,1-6H3. The maximum atomic E-state index is 2.44. The molecule has 92 valence electrons. The average Bonchev–Trinajstić information content (AvgIpc) is 2.23. The molecular formula is C15H32. The summed E-state index contributed by atoms with van der Waals surface area (Å²) in [5, 5.41) is 0. The van der Waals surface area contributed by atoms with Gasteiger partial charge in [0.1, 0.15) is 0 Å². The van der Waals surface area contributed by atoms with Crippen LogP contribution in [0.5, 0.6) is 0 Å². The Balaban J connectivity index is 4.05. The lowest BCUT2D eigenvalue weighted by atomic mass is 9.72. The number of hydrogen-bond donors (Lipinski definition) is 0. The van der Waals surface area contributed by atoms with E-state index in [1.54, 1.807) is 0 Å². The monoisotopic (exact) mass is 212 g/mol. The maximum Gasteiger partial charge on any atom is -0.0303 e. The van der Waals surface area contributed by atoms with E-state index in [1.165, 1.54) is 38.5 Å². The van der Waals surface area contributed by atoms with Gasteiger partial charge in [-0.05, 0) is 23.7 Å². The first-order valence-electron chi connectivity index (χ1n) is 6.99. The molecule has 0 nitrogen and oxygen atoms in total. The Morgan fingerprint density at radius 3 is 1.60 bits per heavy atom. The minimum Gasteiger partial charge on any atom is -0.0649 e. The summed E-state index contributed by atoms with van der Waals surface area (Å²) >= 11 is 0. The quantitative estimate of drug-likeness (QED) is 0.486. The molecule has 0 aromatic rings. The SMILES string of the molecule is CCC(CC)(CC)CC(C)CCC(C)C. The van der Waals surface area contributed by atoms with Gasteiger partial charge in [-0.15, -0.1) is 0 Å². The Kier molecular flexibility index (Phi) is 7.30. The van der Waals surface area contributed by atoms with Gasteiger partial charge in [-0.2, -0.15) is 0 Å². The summed E-state index contributed by atoms with van der Waals surface area (Å²) in [4.78, 5) is 0. The fourth-order valence-corrected chi connectivity index (χ4v) is 2.64. The van der Waals surface area contributed by atoms with Crippen molar-refractivity contribution in [2.24, 2.45) is 17.3 Å². The molecule has 0 bridgehead atoms. The van der Waals surface area contributed by atoms with Gasteiger partial charge in [0.05, 0.1) is 0 Å². The molecule has 15 heavy (non-hydrogen) atoms. The molecule has 0 aromatic carbocycles.